The smallest absolute Gasteiger partial charge is 0.309 e. The molecule has 1 N–H and O–H groups in total. The molecule has 19 heavy (non-hydrogen) atoms. The fourth-order valence-corrected chi connectivity index (χ4v) is 3.13. The zero-order valence-electron chi connectivity index (χ0n) is 12.0. The summed E-state index contributed by atoms with van der Waals surface area (Å²) in [5.74, 6) is -0.438. The Labute approximate surface area is 115 Å². The Hall–Kier alpha value is -0.660. The predicted molar refractivity (Wildman–Crippen MR) is 73.2 cm³/mol. The normalized spacial score (nSPS) is 21.9. The number of carbonyl (C=O) groups excluding carboxylic acids is 1. The van der Waals surface area contributed by atoms with E-state index in [-0.39, 0.29) is 24.0 Å². The van der Waals surface area contributed by atoms with Crippen LogP contribution in [0, 0.1) is 5.92 Å². The number of ether oxygens (including phenoxy) is 1. The number of hydrogen-bond acceptors (Lipinski definition) is 5. The van der Waals surface area contributed by atoms with Gasteiger partial charge in [0.2, 0.25) is 10.0 Å². The van der Waals surface area contributed by atoms with Crippen LogP contribution in [0.2, 0.25) is 0 Å². The molecule has 0 aromatic heterocycles. The molecular weight excluding hydrogens is 268 g/mol. The summed E-state index contributed by atoms with van der Waals surface area (Å²) in [5, 5.41) is 3.38. The van der Waals surface area contributed by atoms with Gasteiger partial charge in [0.15, 0.2) is 0 Å². The highest BCUT2D eigenvalue weighted by Crippen LogP contribution is 2.15. The Balaban J connectivity index is 2.43. The van der Waals surface area contributed by atoms with Crippen LogP contribution in [0.1, 0.15) is 26.7 Å². The zero-order valence-corrected chi connectivity index (χ0v) is 12.9. The Morgan fingerprint density at radius 1 is 1.32 bits per heavy atom. The number of nitrogens with zero attached hydrogens (tertiary/aromatic N) is 1. The van der Waals surface area contributed by atoms with E-state index in [2.05, 4.69) is 5.32 Å². The van der Waals surface area contributed by atoms with Crippen molar-refractivity contribution >= 4 is 16.0 Å². The van der Waals surface area contributed by atoms with Gasteiger partial charge in [0.1, 0.15) is 0 Å². The molecule has 0 aromatic carbocycles. The van der Waals surface area contributed by atoms with E-state index in [9.17, 15) is 13.2 Å². The van der Waals surface area contributed by atoms with Crippen molar-refractivity contribution in [1.29, 1.82) is 0 Å². The number of hydrogen-bond donors (Lipinski definition) is 1. The van der Waals surface area contributed by atoms with Crippen LogP contribution < -0.4 is 5.32 Å². The van der Waals surface area contributed by atoms with Crippen LogP contribution in [0.25, 0.3) is 0 Å². The van der Waals surface area contributed by atoms with Crippen molar-refractivity contribution < 1.29 is 17.9 Å². The van der Waals surface area contributed by atoms with Crippen molar-refractivity contribution in [2.24, 2.45) is 5.92 Å². The molecule has 0 bridgehead atoms. The zero-order chi connectivity index (χ0) is 14.6. The summed E-state index contributed by atoms with van der Waals surface area (Å²) in [7, 11) is -1.69. The maximum atomic E-state index is 11.4. The largest absolute Gasteiger partial charge is 0.469 e. The highest BCUT2D eigenvalue weighted by molar-refractivity contribution is 7.88. The molecule has 0 aromatic rings. The number of rotatable bonds is 5. The van der Waals surface area contributed by atoms with Crippen LogP contribution in [0.5, 0.6) is 0 Å². The Morgan fingerprint density at radius 3 is 2.26 bits per heavy atom. The van der Waals surface area contributed by atoms with E-state index in [1.165, 1.54) is 17.7 Å². The maximum absolute atomic E-state index is 11.4. The molecule has 0 aliphatic carbocycles. The fourth-order valence-electron chi connectivity index (χ4n) is 2.26. The second kappa shape index (κ2) is 6.67. The fraction of sp³-hybridized carbons (Fsp3) is 0.917. The first kappa shape index (κ1) is 16.4. The van der Waals surface area contributed by atoms with E-state index >= 15 is 0 Å². The van der Waals surface area contributed by atoms with Gasteiger partial charge in [-0.3, -0.25) is 4.79 Å². The van der Waals surface area contributed by atoms with Gasteiger partial charge in [-0.15, -0.1) is 0 Å². The molecule has 6 nitrogen and oxygen atoms in total. The molecule has 1 rings (SSSR count). The van der Waals surface area contributed by atoms with Crippen LogP contribution in [0.3, 0.4) is 0 Å². The van der Waals surface area contributed by atoms with Gasteiger partial charge in [0.25, 0.3) is 0 Å². The van der Waals surface area contributed by atoms with E-state index in [4.69, 9.17) is 4.74 Å². The summed E-state index contributed by atoms with van der Waals surface area (Å²) < 4.78 is 29.0. The lowest BCUT2D eigenvalue weighted by Crippen LogP contribution is -2.49. The minimum absolute atomic E-state index is 0.0160. The second-order valence-corrected chi connectivity index (χ2v) is 7.19. The number of methoxy groups -OCH3 is 1. The monoisotopic (exact) mass is 292 g/mol. The van der Waals surface area contributed by atoms with Gasteiger partial charge in [0.05, 0.1) is 19.3 Å². The minimum Gasteiger partial charge on any atom is -0.469 e. The number of piperidine rings is 1. The molecular formula is C12H24N2O4S. The van der Waals surface area contributed by atoms with E-state index < -0.39 is 10.0 Å². The molecule has 1 fully saturated rings. The molecule has 1 saturated heterocycles. The van der Waals surface area contributed by atoms with Crippen molar-refractivity contribution in [3.63, 3.8) is 0 Å². The Morgan fingerprint density at radius 2 is 1.84 bits per heavy atom. The van der Waals surface area contributed by atoms with Crippen molar-refractivity contribution in [3.8, 4) is 0 Å². The van der Waals surface area contributed by atoms with E-state index in [0.29, 0.717) is 13.1 Å². The van der Waals surface area contributed by atoms with Crippen LogP contribution in [-0.4, -0.2) is 57.2 Å². The lowest BCUT2D eigenvalue weighted by atomic mass is 10.00. The summed E-state index contributed by atoms with van der Waals surface area (Å²) in [5.41, 5.74) is 0. The predicted octanol–water partition coefficient (Wildman–Crippen LogP) is 0.198. The molecule has 1 aliphatic rings. The highest BCUT2D eigenvalue weighted by Gasteiger charge is 2.28. The number of nitrogens with one attached hydrogen (secondary N) is 1. The lowest BCUT2D eigenvalue weighted by Gasteiger charge is -2.33. The van der Waals surface area contributed by atoms with E-state index in [1.807, 2.05) is 13.8 Å². The summed E-state index contributed by atoms with van der Waals surface area (Å²) in [6.07, 6.45) is 2.78. The van der Waals surface area contributed by atoms with E-state index in [1.54, 1.807) is 0 Å². The van der Waals surface area contributed by atoms with Gasteiger partial charge < -0.3 is 10.1 Å². The standard InChI is InChI=1S/C12H24N2O4S/c1-9(12(15)18-3)10(2)13-11-5-7-14(8-6-11)19(4,16)17/h9-11,13H,5-8H2,1-4H3. The van der Waals surface area contributed by atoms with Crippen LogP contribution in [-0.2, 0) is 19.6 Å². The first-order valence-corrected chi connectivity index (χ1v) is 8.39. The molecule has 7 heteroatoms. The van der Waals surface area contributed by atoms with Gasteiger partial charge in [-0.2, -0.15) is 0 Å². The summed E-state index contributed by atoms with van der Waals surface area (Å²) >= 11 is 0. The molecule has 1 heterocycles. The first-order valence-electron chi connectivity index (χ1n) is 6.54. The molecule has 1 aliphatic heterocycles. The lowest BCUT2D eigenvalue weighted by molar-refractivity contribution is -0.145. The SMILES string of the molecule is COC(=O)C(C)C(C)NC1CCN(S(C)(=O)=O)CC1. The van der Waals surface area contributed by atoms with Gasteiger partial charge in [-0.25, -0.2) is 12.7 Å². The van der Waals surface area contributed by atoms with Crippen molar-refractivity contribution in [2.75, 3.05) is 26.5 Å². The van der Waals surface area contributed by atoms with Crippen LogP contribution in [0.15, 0.2) is 0 Å². The van der Waals surface area contributed by atoms with E-state index in [0.717, 1.165) is 12.8 Å². The molecule has 112 valence electrons. The summed E-state index contributed by atoms with van der Waals surface area (Å²) in [6.45, 7) is 4.85. The Bertz CT molecular complexity index is 402. The molecule has 0 amide bonds. The molecule has 2 atom stereocenters. The van der Waals surface area contributed by atoms with Gasteiger partial charge in [0, 0.05) is 25.2 Å². The van der Waals surface area contributed by atoms with Gasteiger partial charge in [-0.1, -0.05) is 6.92 Å². The average Bonchev–Trinajstić information content (AvgIpc) is 2.36. The van der Waals surface area contributed by atoms with Crippen LogP contribution in [0.4, 0.5) is 0 Å². The minimum atomic E-state index is -3.08. The third kappa shape index (κ3) is 4.74. The Kier molecular flexibility index (Phi) is 5.76. The topological polar surface area (TPSA) is 75.7 Å². The number of sulfonamides is 1. The molecule has 0 radical (unpaired) electrons. The molecule has 2 unspecified atom stereocenters. The van der Waals surface area contributed by atoms with Crippen molar-refractivity contribution in [2.45, 2.75) is 38.8 Å². The van der Waals surface area contributed by atoms with Crippen molar-refractivity contribution in [1.82, 2.24) is 9.62 Å². The first-order chi connectivity index (χ1) is 8.75. The maximum Gasteiger partial charge on any atom is 0.309 e. The second-order valence-electron chi connectivity index (χ2n) is 5.20. The quantitative estimate of drug-likeness (QED) is 0.733. The third-order valence-electron chi connectivity index (χ3n) is 3.74. The van der Waals surface area contributed by atoms with Gasteiger partial charge in [-0.05, 0) is 19.8 Å². The third-order valence-corrected chi connectivity index (χ3v) is 5.05. The summed E-state index contributed by atoms with van der Waals surface area (Å²) in [6, 6.07) is 0.266. The molecule has 0 saturated carbocycles. The molecule has 0 spiro atoms. The van der Waals surface area contributed by atoms with Crippen LogP contribution >= 0.6 is 0 Å². The summed E-state index contributed by atoms with van der Waals surface area (Å²) in [4.78, 5) is 11.4. The van der Waals surface area contributed by atoms with Crippen molar-refractivity contribution in [3.05, 3.63) is 0 Å². The van der Waals surface area contributed by atoms with Gasteiger partial charge >= 0.3 is 5.97 Å². The average molecular weight is 292 g/mol. The number of esters is 1. The highest BCUT2D eigenvalue weighted by atomic mass is 32.2. The number of carbonyl (C=O) groups is 1.